The molecule has 1 aromatic carbocycles. The van der Waals surface area contributed by atoms with Crippen molar-refractivity contribution in [2.24, 2.45) is 11.3 Å². The molecule has 3 atom stereocenters. The number of hydrogen-bond acceptors (Lipinski definition) is 2. The Balaban J connectivity index is 1.89. The molecular formula is C21H26N2O. The number of piperidine rings is 1. The van der Waals surface area contributed by atoms with E-state index in [1.807, 2.05) is 0 Å². The molecule has 3 aliphatic heterocycles. The highest BCUT2D eigenvalue weighted by Crippen LogP contribution is 2.56. The predicted octanol–water partition coefficient (Wildman–Crippen LogP) is 4.41. The van der Waals surface area contributed by atoms with E-state index in [2.05, 4.69) is 47.6 Å². The van der Waals surface area contributed by atoms with Crippen molar-refractivity contribution in [2.45, 2.75) is 52.0 Å². The summed E-state index contributed by atoms with van der Waals surface area (Å²) in [6.45, 7) is 6.83. The third-order valence-electron chi connectivity index (χ3n) is 7.05. The van der Waals surface area contributed by atoms with Crippen LogP contribution in [0.4, 0.5) is 0 Å². The second-order valence-electron chi connectivity index (χ2n) is 8.17. The summed E-state index contributed by atoms with van der Waals surface area (Å²) in [5.41, 5.74) is 4.21. The quantitative estimate of drug-likeness (QED) is 0.777. The van der Waals surface area contributed by atoms with Gasteiger partial charge in [-0.15, -0.1) is 0 Å². The number of nitrogens with zero attached hydrogens (tertiary/aromatic N) is 2. The van der Waals surface area contributed by atoms with Crippen molar-refractivity contribution in [1.82, 2.24) is 9.47 Å². The van der Waals surface area contributed by atoms with Gasteiger partial charge in [0.05, 0.1) is 11.6 Å². The van der Waals surface area contributed by atoms with Crippen molar-refractivity contribution in [3.8, 4) is 0 Å². The van der Waals surface area contributed by atoms with Crippen LogP contribution in [-0.4, -0.2) is 28.5 Å². The number of fused-ring (bicyclic) bond motifs is 3. The molecule has 0 aliphatic carbocycles. The van der Waals surface area contributed by atoms with Crippen molar-refractivity contribution in [3.05, 3.63) is 35.5 Å². The zero-order valence-electron chi connectivity index (χ0n) is 14.7. The molecule has 5 rings (SSSR count). The number of carbonyl (C=O) groups excluding carboxylic acids is 1. The number of para-hydroxylation sites is 1. The summed E-state index contributed by atoms with van der Waals surface area (Å²) in [6.07, 6.45) is 5.84. The van der Waals surface area contributed by atoms with Gasteiger partial charge in [0.25, 0.3) is 0 Å². The Morgan fingerprint density at radius 3 is 2.92 bits per heavy atom. The lowest BCUT2D eigenvalue weighted by Crippen LogP contribution is -2.49. The van der Waals surface area contributed by atoms with E-state index in [0.717, 1.165) is 24.9 Å². The molecule has 3 aliphatic rings. The summed E-state index contributed by atoms with van der Waals surface area (Å²) in [4.78, 5) is 16.0. The predicted molar refractivity (Wildman–Crippen MR) is 96.3 cm³/mol. The van der Waals surface area contributed by atoms with Crippen molar-refractivity contribution >= 4 is 16.8 Å². The number of carbonyl (C=O) groups is 1. The standard InChI is InChI=1S/C21H26N2O/c1-3-21-10-6-11-22-12-9-16-15-7-4-5-8-17(15)23(18(16)19(21)22)20(24)14(2)13-21/h4-5,7-8,14,19H,3,6,9-13H2,1-2H3/t14-,19-,21+/m1/s1. The molecule has 0 radical (unpaired) electrons. The van der Waals surface area contributed by atoms with Crippen LogP contribution in [0.2, 0.25) is 0 Å². The van der Waals surface area contributed by atoms with Gasteiger partial charge < -0.3 is 0 Å². The van der Waals surface area contributed by atoms with Crippen LogP contribution in [0.1, 0.15) is 61.6 Å². The minimum atomic E-state index is 0.107. The first-order chi connectivity index (χ1) is 11.7. The molecule has 4 heterocycles. The van der Waals surface area contributed by atoms with Gasteiger partial charge in [0.2, 0.25) is 5.91 Å². The third-order valence-corrected chi connectivity index (χ3v) is 7.05. The summed E-state index contributed by atoms with van der Waals surface area (Å²) in [5.74, 6) is 0.423. The van der Waals surface area contributed by atoms with Crippen LogP contribution in [0.25, 0.3) is 10.9 Å². The average molecular weight is 322 g/mol. The minimum absolute atomic E-state index is 0.107. The second-order valence-corrected chi connectivity index (χ2v) is 8.17. The molecule has 3 heteroatoms. The van der Waals surface area contributed by atoms with Gasteiger partial charge in [-0.25, -0.2) is 0 Å². The largest absolute Gasteiger partial charge is 0.294 e. The van der Waals surface area contributed by atoms with Crippen LogP contribution in [0.15, 0.2) is 24.3 Å². The van der Waals surface area contributed by atoms with Crippen LogP contribution < -0.4 is 0 Å². The lowest BCUT2D eigenvalue weighted by Gasteiger charge is -2.51. The van der Waals surface area contributed by atoms with Crippen LogP contribution >= 0.6 is 0 Å². The summed E-state index contributed by atoms with van der Waals surface area (Å²) in [5, 5.41) is 1.31. The van der Waals surface area contributed by atoms with Gasteiger partial charge >= 0.3 is 0 Å². The number of aromatic nitrogens is 1. The monoisotopic (exact) mass is 322 g/mol. The molecule has 0 bridgehead atoms. The average Bonchev–Trinajstić information content (AvgIpc) is 2.90. The van der Waals surface area contributed by atoms with Gasteiger partial charge in [0.1, 0.15) is 0 Å². The number of rotatable bonds is 1. The maximum absolute atomic E-state index is 13.3. The van der Waals surface area contributed by atoms with Gasteiger partial charge in [0.15, 0.2) is 0 Å². The molecule has 1 saturated heterocycles. The van der Waals surface area contributed by atoms with Crippen molar-refractivity contribution in [3.63, 3.8) is 0 Å². The number of benzene rings is 1. The van der Waals surface area contributed by atoms with Crippen LogP contribution in [0.3, 0.4) is 0 Å². The SMILES string of the molecule is CC[C@]12CCCN3CCc4c(n(c5ccccc45)C(=O)[C@H](C)C1)[C@@H]32. The fourth-order valence-electron chi connectivity index (χ4n) is 6.01. The fraction of sp³-hybridized carbons (Fsp3) is 0.571. The van der Waals surface area contributed by atoms with Crippen molar-refractivity contribution < 1.29 is 4.79 Å². The zero-order chi connectivity index (χ0) is 16.5. The second kappa shape index (κ2) is 4.95. The molecule has 1 aromatic heterocycles. The Kier molecular flexibility index (Phi) is 3.03. The maximum Gasteiger partial charge on any atom is 0.234 e. The molecule has 2 aromatic rings. The molecular weight excluding hydrogens is 296 g/mol. The molecule has 24 heavy (non-hydrogen) atoms. The molecule has 0 amide bonds. The van der Waals surface area contributed by atoms with Gasteiger partial charge in [0, 0.05) is 23.5 Å². The summed E-state index contributed by atoms with van der Waals surface area (Å²) in [6, 6.07) is 8.99. The van der Waals surface area contributed by atoms with E-state index in [9.17, 15) is 4.79 Å². The van der Waals surface area contributed by atoms with E-state index in [-0.39, 0.29) is 11.3 Å². The Bertz CT molecular complexity index is 836. The highest BCUT2D eigenvalue weighted by molar-refractivity contribution is 5.97. The molecule has 0 unspecified atom stereocenters. The summed E-state index contributed by atoms with van der Waals surface area (Å²) in [7, 11) is 0. The smallest absolute Gasteiger partial charge is 0.234 e. The zero-order valence-corrected chi connectivity index (χ0v) is 14.7. The Labute approximate surface area is 143 Å². The lowest BCUT2D eigenvalue weighted by molar-refractivity contribution is -0.0104. The lowest BCUT2D eigenvalue weighted by atomic mass is 9.65. The normalized spacial score (nSPS) is 32.7. The Hall–Kier alpha value is -1.61. The van der Waals surface area contributed by atoms with Gasteiger partial charge in [-0.2, -0.15) is 0 Å². The van der Waals surface area contributed by atoms with E-state index < -0.39 is 0 Å². The van der Waals surface area contributed by atoms with Crippen molar-refractivity contribution in [1.29, 1.82) is 0 Å². The molecule has 0 saturated carbocycles. The van der Waals surface area contributed by atoms with E-state index >= 15 is 0 Å². The van der Waals surface area contributed by atoms with E-state index in [0.29, 0.717) is 11.9 Å². The highest BCUT2D eigenvalue weighted by atomic mass is 16.2. The van der Waals surface area contributed by atoms with Crippen LogP contribution in [-0.2, 0) is 6.42 Å². The fourth-order valence-corrected chi connectivity index (χ4v) is 6.01. The van der Waals surface area contributed by atoms with Gasteiger partial charge in [-0.1, -0.05) is 32.0 Å². The van der Waals surface area contributed by atoms with E-state index in [4.69, 9.17) is 0 Å². The highest BCUT2D eigenvalue weighted by Gasteiger charge is 2.52. The minimum Gasteiger partial charge on any atom is -0.294 e. The molecule has 126 valence electrons. The number of hydrogen-bond donors (Lipinski definition) is 0. The Morgan fingerprint density at radius 1 is 1.25 bits per heavy atom. The van der Waals surface area contributed by atoms with E-state index in [1.54, 1.807) is 0 Å². The summed E-state index contributed by atoms with van der Waals surface area (Å²) >= 11 is 0. The molecule has 3 nitrogen and oxygen atoms in total. The molecule has 0 spiro atoms. The first-order valence-corrected chi connectivity index (χ1v) is 9.57. The first kappa shape index (κ1) is 14.7. The third kappa shape index (κ3) is 1.69. The van der Waals surface area contributed by atoms with Gasteiger partial charge in [-0.05, 0) is 55.7 Å². The maximum atomic E-state index is 13.3. The topological polar surface area (TPSA) is 25.2 Å². The van der Waals surface area contributed by atoms with Crippen LogP contribution in [0, 0.1) is 11.3 Å². The molecule has 0 N–H and O–H groups in total. The Morgan fingerprint density at radius 2 is 2.08 bits per heavy atom. The summed E-state index contributed by atoms with van der Waals surface area (Å²) < 4.78 is 2.12. The van der Waals surface area contributed by atoms with Crippen LogP contribution in [0.5, 0.6) is 0 Å². The van der Waals surface area contributed by atoms with E-state index in [1.165, 1.54) is 42.5 Å². The first-order valence-electron chi connectivity index (χ1n) is 9.57. The van der Waals surface area contributed by atoms with Crippen molar-refractivity contribution in [2.75, 3.05) is 13.1 Å². The van der Waals surface area contributed by atoms with Gasteiger partial charge in [-0.3, -0.25) is 14.3 Å². The molecule has 1 fully saturated rings.